The lowest BCUT2D eigenvalue weighted by atomic mass is 10.1. The summed E-state index contributed by atoms with van der Waals surface area (Å²) in [5.74, 6) is 0.412. The third kappa shape index (κ3) is 1.65. The number of rotatable bonds is 2. The first-order valence-electron chi connectivity index (χ1n) is 5.63. The van der Waals surface area contributed by atoms with Gasteiger partial charge in [-0.05, 0) is 12.8 Å². The summed E-state index contributed by atoms with van der Waals surface area (Å²) in [5.41, 5.74) is 7.36. The minimum absolute atomic E-state index is 0.0241. The molecule has 1 unspecified atom stereocenters. The minimum Gasteiger partial charge on any atom is -0.394 e. The van der Waals surface area contributed by atoms with E-state index in [1.807, 2.05) is 10.6 Å². The van der Waals surface area contributed by atoms with Crippen molar-refractivity contribution in [1.29, 1.82) is 0 Å². The van der Waals surface area contributed by atoms with Crippen LogP contribution in [-0.4, -0.2) is 32.2 Å². The Balaban J connectivity index is 1.99. The summed E-state index contributed by atoms with van der Waals surface area (Å²) in [6.45, 7) is 0.0664. The standard InChI is InChI=1S/C11H14N4O2/c12-10-11-14-5-8(15(11)4-3-13-10)9-2-1-7(6-16)17-9/h3-5,7,9,16H,1-2,6H2,(H2,12,13)/t7?,9-/m1/s1. The van der Waals surface area contributed by atoms with Gasteiger partial charge in [-0.1, -0.05) is 0 Å². The summed E-state index contributed by atoms with van der Waals surface area (Å²) in [4.78, 5) is 8.24. The smallest absolute Gasteiger partial charge is 0.180 e. The van der Waals surface area contributed by atoms with Gasteiger partial charge in [0, 0.05) is 12.4 Å². The molecule has 1 aliphatic rings. The van der Waals surface area contributed by atoms with Crippen molar-refractivity contribution in [2.24, 2.45) is 0 Å². The van der Waals surface area contributed by atoms with Crippen molar-refractivity contribution in [3.63, 3.8) is 0 Å². The van der Waals surface area contributed by atoms with E-state index in [-0.39, 0.29) is 18.8 Å². The number of imidazole rings is 1. The van der Waals surface area contributed by atoms with E-state index in [1.54, 1.807) is 12.4 Å². The van der Waals surface area contributed by atoms with Crippen molar-refractivity contribution in [3.8, 4) is 0 Å². The lowest BCUT2D eigenvalue weighted by Crippen LogP contribution is -2.11. The van der Waals surface area contributed by atoms with E-state index >= 15 is 0 Å². The summed E-state index contributed by atoms with van der Waals surface area (Å²) in [6, 6.07) is 0. The van der Waals surface area contributed by atoms with Gasteiger partial charge in [0.25, 0.3) is 0 Å². The molecule has 0 aromatic carbocycles. The lowest BCUT2D eigenvalue weighted by molar-refractivity contribution is 0.00891. The molecule has 6 nitrogen and oxygen atoms in total. The van der Waals surface area contributed by atoms with Crippen LogP contribution >= 0.6 is 0 Å². The van der Waals surface area contributed by atoms with E-state index in [0.717, 1.165) is 18.5 Å². The number of ether oxygens (including phenoxy) is 1. The number of hydrogen-bond donors (Lipinski definition) is 2. The summed E-state index contributed by atoms with van der Waals surface area (Å²) in [7, 11) is 0. The number of nitrogens with zero attached hydrogens (tertiary/aromatic N) is 3. The molecule has 1 saturated heterocycles. The Morgan fingerprint density at radius 3 is 3.12 bits per heavy atom. The van der Waals surface area contributed by atoms with Crippen LogP contribution in [-0.2, 0) is 4.74 Å². The molecule has 1 aliphatic heterocycles. The number of aliphatic hydroxyl groups is 1. The van der Waals surface area contributed by atoms with Crippen LogP contribution in [0, 0.1) is 0 Å². The fourth-order valence-electron chi connectivity index (χ4n) is 2.25. The Morgan fingerprint density at radius 1 is 1.47 bits per heavy atom. The molecule has 1 fully saturated rings. The number of aliphatic hydroxyl groups excluding tert-OH is 1. The largest absolute Gasteiger partial charge is 0.394 e. The first-order valence-corrected chi connectivity index (χ1v) is 5.63. The molecule has 0 radical (unpaired) electrons. The highest BCUT2D eigenvalue weighted by atomic mass is 16.5. The van der Waals surface area contributed by atoms with Gasteiger partial charge < -0.3 is 15.6 Å². The average Bonchev–Trinajstić information content (AvgIpc) is 2.94. The molecule has 2 aromatic heterocycles. The molecule has 2 aromatic rings. The Labute approximate surface area is 98.1 Å². The molecule has 3 heterocycles. The van der Waals surface area contributed by atoms with Gasteiger partial charge in [0.15, 0.2) is 11.5 Å². The fraction of sp³-hybridized carbons (Fsp3) is 0.455. The molecule has 0 saturated carbocycles. The van der Waals surface area contributed by atoms with Crippen LogP contribution in [0.5, 0.6) is 0 Å². The number of nitrogen functional groups attached to an aromatic ring is 1. The van der Waals surface area contributed by atoms with Gasteiger partial charge >= 0.3 is 0 Å². The van der Waals surface area contributed by atoms with Gasteiger partial charge in [-0.2, -0.15) is 0 Å². The zero-order valence-electron chi connectivity index (χ0n) is 9.28. The molecular weight excluding hydrogens is 220 g/mol. The van der Waals surface area contributed by atoms with Gasteiger partial charge in [0.2, 0.25) is 0 Å². The van der Waals surface area contributed by atoms with Crippen LogP contribution in [0.15, 0.2) is 18.6 Å². The predicted molar refractivity (Wildman–Crippen MR) is 61.3 cm³/mol. The summed E-state index contributed by atoms with van der Waals surface area (Å²) in [6.07, 6.45) is 6.90. The van der Waals surface area contributed by atoms with Crippen molar-refractivity contribution in [2.45, 2.75) is 25.0 Å². The molecule has 0 amide bonds. The summed E-state index contributed by atoms with van der Waals surface area (Å²) >= 11 is 0. The number of nitrogens with two attached hydrogens (primary N) is 1. The Bertz CT molecular complexity index is 539. The SMILES string of the molecule is Nc1nccn2c([C@H]3CCC(CO)O3)cnc12. The highest BCUT2D eigenvalue weighted by Gasteiger charge is 2.28. The quantitative estimate of drug-likeness (QED) is 0.791. The van der Waals surface area contributed by atoms with Crippen molar-refractivity contribution in [2.75, 3.05) is 12.3 Å². The van der Waals surface area contributed by atoms with Crippen LogP contribution in [0.1, 0.15) is 24.6 Å². The number of fused-ring (bicyclic) bond motifs is 1. The van der Waals surface area contributed by atoms with Crippen molar-refractivity contribution < 1.29 is 9.84 Å². The number of aromatic nitrogens is 3. The molecule has 0 bridgehead atoms. The molecule has 3 N–H and O–H groups in total. The molecule has 2 atom stereocenters. The third-order valence-electron chi connectivity index (χ3n) is 3.12. The van der Waals surface area contributed by atoms with Gasteiger partial charge in [0.1, 0.15) is 0 Å². The van der Waals surface area contributed by atoms with Gasteiger partial charge in [-0.15, -0.1) is 0 Å². The monoisotopic (exact) mass is 234 g/mol. The van der Waals surface area contributed by atoms with Gasteiger partial charge in [-0.3, -0.25) is 4.40 Å². The molecule has 90 valence electrons. The number of hydrogen-bond acceptors (Lipinski definition) is 5. The summed E-state index contributed by atoms with van der Waals surface area (Å²) < 4.78 is 7.63. The van der Waals surface area contributed by atoms with Gasteiger partial charge in [-0.25, -0.2) is 9.97 Å². The molecule has 0 spiro atoms. The van der Waals surface area contributed by atoms with Crippen molar-refractivity contribution in [1.82, 2.24) is 14.4 Å². The first-order chi connectivity index (χ1) is 8.29. The first kappa shape index (κ1) is 10.5. The number of anilines is 1. The van der Waals surface area contributed by atoms with Gasteiger partial charge in [0.05, 0.1) is 30.7 Å². The second kappa shape index (κ2) is 3.97. The van der Waals surface area contributed by atoms with Crippen LogP contribution in [0.3, 0.4) is 0 Å². The molecule has 0 aliphatic carbocycles. The highest BCUT2D eigenvalue weighted by Crippen LogP contribution is 2.33. The molecule has 6 heteroatoms. The second-order valence-corrected chi connectivity index (χ2v) is 4.20. The van der Waals surface area contributed by atoms with Crippen LogP contribution in [0.4, 0.5) is 5.82 Å². The Kier molecular flexibility index (Phi) is 2.45. The average molecular weight is 234 g/mol. The van der Waals surface area contributed by atoms with Crippen molar-refractivity contribution in [3.05, 3.63) is 24.3 Å². The maximum absolute atomic E-state index is 9.06. The van der Waals surface area contributed by atoms with Crippen LogP contribution in [0.2, 0.25) is 0 Å². The summed E-state index contributed by atoms with van der Waals surface area (Å²) in [5, 5.41) is 9.06. The van der Waals surface area contributed by atoms with Crippen LogP contribution < -0.4 is 5.73 Å². The maximum atomic E-state index is 9.06. The van der Waals surface area contributed by atoms with E-state index in [2.05, 4.69) is 9.97 Å². The molecule has 3 rings (SSSR count). The minimum atomic E-state index is -0.0651. The Morgan fingerprint density at radius 2 is 2.35 bits per heavy atom. The van der Waals surface area contributed by atoms with E-state index in [4.69, 9.17) is 15.6 Å². The molecular formula is C11H14N4O2. The Hall–Kier alpha value is -1.66. The molecule has 17 heavy (non-hydrogen) atoms. The topological polar surface area (TPSA) is 85.7 Å². The highest BCUT2D eigenvalue weighted by molar-refractivity contribution is 5.59. The van der Waals surface area contributed by atoms with Crippen LogP contribution in [0.25, 0.3) is 5.65 Å². The normalized spacial score (nSPS) is 24.5. The third-order valence-corrected chi connectivity index (χ3v) is 3.12. The van der Waals surface area contributed by atoms with E-state index < -0.39 is 0 Å². The van der Waals surface area contributed by atoms with E-state index in [0.29, 0.717) is 11.5 Å². The lowest BCUT2D eigenvalue weighted by Gasteiger charge is -2.11. The maximum Gasteiger partial charge on any atom is 0.180 e. The van der Waals surface area contributed by atoms with E-state index in [1.165, 1.54) is 0 Å². The zero-order valence-corrected chi connectivity index (χ0v) is 9.28. The predicted octanol–water partition coefficient (Wildman–Crippen LogP) is 0.524. The second-order valence-electron chi connectivity index (χ2n) is 4.20. The fourth-order valence-corrected chi connectivity index (χ4v) is 2.25. The van der Waals surface area contributed by atoms with Crippen molar-refractivity contribution >= 4 is 11.5 Å². The van der Waals surface area contributed by atoms with E-state index in [9.17, 15) is 0 Å². The zero-order chi connectivity index (χ0) is 11.8.